The zero-order chi connectivity index (χ0) is 9.40. The number of rotatable bonds is 7. The van der Waals surface area contributed by atoms with Gasteiger partial charge in [0, 0.05) is 12.1 Å². The van der Waals surface area contributed by atoms with E-state index in [4.69, 9.17) is 0 Å². The summed E-state index contributed by atoms with van der Waals surface area (Å²) in [5, 5.41) is 3.59. The van der Waals surface area contributed by atoms with Crippen LogP contribution in [0.25, 0.3) is 0 Å². The average molecular weight is 171 g/mol. The fourth-order valence-corrected chi connectivity index (χ4v) is 1.39. The van der Waals surface area contributed by atoms with Crippen LogP contribution >= 0.6 is 0 Å². The molecule has 0 spiro atoms. The number of hydrogen-bond acceptors (Lipinski definition) is 1. The molecule has 0 aliphatic heterocycles. The van der Waals surface area contributed by atoms with Gasteiger partial charge in [-0.3, -0.25) is 0 Å². The van der Waals surface area contributed by atoms with E-state index in [9.17, 15) is 0 Å². The molecular formula is C11H25N. The van der Waals surface area contributed by atoms with Gasteiger partial charge in [-0.15, -0.1) is 0 Å². The van der Waals surface area contributed by atoms with Crippen molar-refractivity contribution in [3.8, 4) is 0 Å². The van der Waals surface area contributed by atoms with Gasteiger partial charge in [0.15, 0.2) is 0 Å². The smallest absolute Gasteiger partial charge is 0.00411 e. The summed E-state index contributed by atoms with van der Waals surface area (Å²) in [4.78, 5) is 0. The van der Waals surface area contributed by atoms with E-state index in [1.807, 2.05) is 0 Å². The Bertz CT molecular complexity index is 91.0. The van der Waals surface area contributed by atoms with E-state index in [-0.39, 0.29) is 0 Å². The lowest BCUT2D eigenvalue weighted by atomic mass is 10.1. The van der Waals surface area contributed by atoms with Crippen molar-refractivity contribution < 1.29 is 0 Å². The summed E-state index contributed by atoms with van der Waals surface area (Å²) in [6.07, 6.45) is 6.65. The van der Waals surface area contributed by atoms with Crippen molar-refractivity contribution in [1.29, 1.82) is 0 Å². The summed E-state index contributed by atoms with van der Waals surface area (Å²) in [7, 11) is 0. The first kappa shape index (κ1) is 12.0. The van der Waals surface area contributed by atoms with Crippen molar-refractivity contribution in [1.82, 2.24) is 5.32 Å². The summed E-state index contributed by atoms with van der Waals surface area (Å²) in [6, 6.07) is 1.38. The Kier molecular flexibility index (Phi) is 7.58. The van der Waals surface area contributed by atoms with E-state index >= 15 is 0 Å². The molecule has 74 valence electrons. The SMILES string of the molecule is CCCCCC(C)NC(C)CC. The molecular weight excluding hydrogens is 146 g/mol. The first-order valence-corrected chi connectivity index (χ1v) is 5.46. The van der Waals surface area contributed by atoms with Crippen LogP contribution in [0.5, 0.6) is 0 Å². The van der Waals surface area contributed by atoms with E-state index < -0.39 is 0 Å². The van der Waals surface area contributed by atoms with Gasteiger partial charge in [-0.25, -0.2) is 0 Å². The highest BCUT2D eigenvalue weighted by Crippen LogP contribution is 2.04. The number of hydrogen-bond donors (Lipinski definition) is 1. The highest BCUT2D eigenvalue weighted by atomic mass is 14.9. The van der Waals surface area contributed by atoms with Crippen LogP contribution in [0.3, 0.4) is 0 Å². The topological polar surface area (TPSA) is 12.0 Å². The summed E-state index contributed by atoms with van der Waals surface area (Å²) in [6.45, 7) is 9.04. The van der Waals surface area contributed by atoms with Gasteiger partial charge >= 0.3 is 0 Å². The lowest BCUT2D eigenvalue weighted by molar-refractivity contribution is 0.425. The molecule has 1 nitrogen and oxygen atoms in total. The van der Waals surface area contributed by atoms with Crippen molar-refractivity contribution in [3.63, 3.8) is 0 Å². The van der Waals surface area contributed by atoms with Crippen LogP contribution in [0, 0.1) is 0 Å². The summed E-state index contributed by atoms with van der Waals surface area (Å²) in [5.41, 5.74) is 0. The predicted octanol–water partition coefficient (Wildman–Crippen LogP) is 3.34. The Labute approximate surface area is 77.9 Å². The van der Waals surface area contributed by atoms with Gasteiger partial charge in [-0.1, -0.05) is 33.1 Å². The molecule has 2 atom stereocenters. The fourth-order valence-electron chi connectivity index (χ4n) is 1.39. The lowest BCUT2D eigenvalue weighted by Crippen LogP contribution is -2.33. The van der Waals surface area contributed by atoms with E-state index in [0.29, 0.717) is 12.1 Å². The maximum atomic E-state index is 3.59. The molecule has 0 aliphatic carbocycles. The Morgan fingerprint density at radius 2 is 1.67 bits per heavy atom. The maximum Gasteiger partial charge on any atom is 0.00411 e. The van der Waals surface area contributed by atoms with Crippen molar-refractivity contribution in [2.24, 2.45) is 0 Å². The minimum absolute atomic E-state index is 0.682. The average Bonchev–Trinajstić information content (AvgIpc) is 2.05. The Morgan fingerprint density at radius 3 is 2.17 bits per heavy atom. The molecule has 0 bridgehead atoms. The van der Waals surface area contributed by atoms with E-state index in [1.54, 1.807) is 0 Å². The summed E-state index contributed by atoms with van der Waals surface area (Å²) >= 11 is 0. The molecule has 0 amide bonds. The molecule has 0 fully saturated rings. The number of nitrogens with one attached hydrogen (secondary N) is 1. The second kappa shape index (κ2) is 7.60. The Hall–Kier alpha value is -0.0400. The van der Waals surface area contributed by atoms with Gasteiger partial charge < -0.3 is 5.32 Å². The van der Waals surface area contributed by atoms with E-state index in [2.05, 4.69) is 33.0 Å². The van der Waals surface area contributed by atoms with Crippen molar-refractivity contribution in [2.75, 3.05) is 0 Å². The minimum atomic E-state index is 0.682. The molecule has 0 aromatic heterocycles. The van der Waals surface area contributed by atoms with Crippen molar-refractivity contribution in [3.05, 3.63) is 0 Å². The molecule has 0 heterocycles. The van der Waals surface area contributed by atoms with Crippen LogP contribution in [-0.4, -0.2) is 12.1 Å². The van der Waals surface area contributed by atoms with Crippen LogP contribution in [0.2, 0.25) is 0 Å². The van der Waals surface area contributed by atoms with E-state index in [1.165, 1.54) is 32.1 Å². The van der Waals surface area contributed by atoms with Gasteiger partial charge in [0.1, 0.15) is 0 Å². The highest BCUT2D eigenvalue weighted by Gasteiger charge is 2.03. The van der Waals surface area contributed by atoms with Crippen molar-refractivity contribution in [2.45, 2.75) is 71.9 Å². The monoisotopic (exact) mass is 171 g/mol. The minimum Gasteiger partial charge on any atom is -0.312 e. The van der Waals surface area contributed by atoms with Crippen LogP contribution in [-0.2, 0) is 0 Å². The first-order valence-electron chi connectivity index (χ1n) is 5.46. The van der Waals surface area contributed by atoms with Crippen LogP contribution in [0.4, 0.5) is 0 Å². The molecule has 0 aliphatic rings. The Balaban J connectivity index is 3.26. The molecule has 1 N–H and O–H groups in total. The van der Waals surface area contributed by atoms with E-state index in [0.717, 1.165) is 0 Å². The second-order valence-electron chi connectivity index (χ2n) is 3.87. The summed E-state index contributed by atoms with van der Waals surface area (Å²) < 4.78 is 0. The first-order chi connectivity index (χ1) is 5.70. The quantitative estimate of drug-likeness (QED) is 0.579. The highest BCUT2D eigenvalue weighted by molar-refractivity contribution is 4.65. The molecule has 0 saturated heterocycles. The molecule has 12 heavy (non-hydrogen) atoms. The summed E-state index contributed by atoms with van der Waals surface area (Å²) in [5.74, 6) is 0. The van der Waals surface area contributed by atoms with Crippen LogP contribution < -0.4 is 5.32 Å². The van der Waals surface area contributed by atoms with Crippen LogP contribution in [0.15, 0.2) is 0 Å². The third-order valence-corrected chi connectivity index (χ3v) is 2.42. The van der Waals surface area contributed by atoms with Gasteiger partial charge in [0.2, 0.25) is 0 Å². The third kappa shape index (κ3) is 6.66. The molecule has 1 heteroatoms. The van der Waals surface area contributed by atoms with Gasteiger partial charge in [-0.2, -0.15) is 0 Å². The zero-order valence-corrected chi connectivity index (χ0v) is 9.19. The molecule has 0 aromatic rings. The van der Waals surface area contributed by atoms with Gasteiger partial charge in [-0.05, 0) is 26.7 Å². The lowest BCUT2D eigenvalue weighted by Gasteiger charge is -2.18. The van der Waals surface area contributed by atoms with Crippen molar-refractivity contribution >= 4 is 0 Å². The molecule has 0 saturated carbocycles. The molecule has 0 aromatic carbocycles. The molecule has 0 rings (SSSR count). The standard InChI is InChI=1S/C11H25N/c1-5-7-8-9-11(4)12-10(3)6-2/h10-12H,5-9H2,1-4H3. The van der Waals surface area contributed by atoms with Gasteiger partial charge in [0.25, 0.3) is 0 Å². The zero-order valence-electron chi connectivity index (χ0n) is 9.19. The molecule has 0 radical (unpaired) electrons. The molecule has 2 unspecified atom stereocenters. The predicted molar refractivity (Wildman–Crippen MR) is 56.5 cm³/mol. The number of unbranched alkanes of at least 4 members (excludes halogenated alkanes) is 2. The second-order valence-corrected chi connectivity index (χ2v) is 3.87. The largest absolute Gasteiger partial charge is 0.312 e. The fraction of sp³-hybridized carbons (Fsp3) is 1.00. The van der Waals surface area contributed by atoms with Gasteiger partial charge in [0.05, 0.1) is 0 Å². The third-order valence-electron chi connectivity index (χ3n) is 2.42. The Morgan fingerprint density at radius 1 is 1.00 bits per heavy atom. The maximum absolute atomic E-state index is 3.59. The van der Waals surface area contributed by atoms with Crippen LogP contribution in [0.1, 0.15) is 59.8 Å². The normalized spacial score (nSPS) is 16.0.